The second-order valence-electron chi connectivity index (χ2n) is 26.8. The molecule has 14 atom stereocenters. The predicted molar refractivity (Wildman–Crippen MR) is 369 cm³/mol. The molecule has 1 unspecified atom stereocenters. The van der Waals surface area contributed by atoms with Crippen LogP contribution in [0.3, 0.4) is 0 Å². The van der Waals surface area contributed by atoms with E-state index in [0.717, 1.165) is 6.92 Å². The Morgan fingerprint density at radius 1 is 0.647 bits per heavy atom. The van der Waals surface area contributed by atoms with Gasteiger partial charge in [-0.15, -0.1) is 0 Å². The monoisotopic (exact) mass is 1440 g/mol. The van der Waals surface area contributed by atoms with Gasteiger partial charge in [0.2, 0.25) is 47.3 Å². The van der Waals surface area contributed by atoms with Crippen LogP contribution < -0.4 is 65.9 Å². The number of guanidine groups is 1. The highest BCUT2D eigenvalue weighted by molar-refractivity contribution is 6.20. The minimum atomic E-state index is -3.23. The summed E-state index contributed by atoms with van der Waals surface area (Å²) in [5.74, 6) is -22.4. The van der Waals surface area contributed by atoms with Gasteiger partial charge in [0, 0.05) is 6.54 Å². The molecule has 0 aliphatic heterocycles. The van der Waals surface area contributed by atoms with Crippen LogP contribution in [0.25, 0.3) is 0 Å². The number of imide groups is 2. The Balaban J connectivity index is 3.05. The van der Waals surface area contributed by atoms with Gasteiger partial charge in [0.25, 0.3) is 11.8 Å². The number of aliphatic hydroxyl groups is 4. The number of carbonyl (C=O) groups is 13. The number of phenols is 1. The molecule has 0 fully saturated rings. The Morgan fingerprint density at radius 2 is 1.23 bits per heavy atom. The van der Waals surface area contributed by atoms with E-state index in [9.17, 15) is 69.0 Å². The summed E-state index contributed by atoms with van der Waals surface area (Å²) in [6, 6.07) is -3.36. The third-order valence-electron chi connectivity index (χ3n) is 16.5. The summed E-state index contributed by atoms with van der Waals surface area (Å²) in [6.07, 6.45) is -8.26. The fourth-order valence-corrected chi connectivity index (χ4v) is 10.8. The number of benzene rings is 2. The third-order valence-corrected chi connectivity index (χ3v) is 16.5. The number of Topliss-reactive ketones (excluding diaryl/α,β-unsaturated/α-hetero) is 1. The highest BCUT2D eigenvalue weighted by Gasteiger charge is 2.59. The van der Waals surface area contributed by atoms with Gasteiger partial charge in [-0.25, -0.2) is 4.79 Å². The molecule has 0 saturated heterocycles. The van der Waals surface area contributed by atoms with E-state index in [4.69, 9.17) is 38.8 Å². The summed E-state index contributed by atoms with van der Waals surface area (Å²) in [7, 11) is 0. The minimum Gasteiger partial charge on any atom is -0.508 e. The maximum atomic E-state index is 16.4. The molecule has 2 aromatic rings. The van der Waals surface area contributed by atoms with Crippen molar-refractivity contribution in [2.45, 2.75) is 206 Å². The van der Waals surface area contributed by atoms with Crippen molar-refractivity contribution in [1.82, 2.24) is 47.0 Å². The normalized spacial score (nSPS) is 15.9. The van der Waals surface area contributed by atoms with E-state index in [1.165, 1.54) is 58.9 Å². The van der Waals surface area contributed by atoms with Crippen molar-refractivity contribution in [3.63, 3.8) is 0 Å². The van der Waals surface area contributed by atoms with Gasteiger partial charge in [-0.3, -0.25) is 78.1 Å². The Morgan fingerprint density at radius 3 is 1.75 bits per heavy atom. The fourth-order valence-electron chi connectivity index (χ4n) is 10.8. The molecule has 0 radical (unpaired) electrons. The molecule has 10 amide bonds. The highest BCUT2D eigenvalue weighted by Crippen LogP contribution is 2.33. The van der Waals surface area contributed by atoms with Crippen molar-refractivity contribution in [1.29, 1.82) is 5.41 Å². The summed E-state index contributed by atoms with van der Waals surface area (Å²) in [5, 5.41) is 88.1. The van der Waals surface area contributed by atoms with Crippen LogP contribution in [-0.4, -0.2) is 228 Å². The Bertz CT molecular complexity index is 3210. The first-order valence-electron chi connectivity index (χ1n) is 33.6. The first-order chi connectivity index (χ1) is 47.6. The molecule has 0 aliphatic rings. The van der Waals surface area contributed by atoms with Gasteiger partial charge >= 0.3 is 11.9 Å². The number of nitrogens with zero attached hydrogens (tertiary/aromatic N) is 2. The highest BCUT2D eigenvalue weighted by atomic mass is 16.5. The molecule has 35 nitrogen and oxygen atoms in total. The molecule has 102 heavy (non-hydrogen) atoms. The number of aromatic hydroxyl groups is 1. The van der Waals surface area contributed by atoms with E-state index in [2.05, 4.69) is 31.9 Å². The van der Waals surface area contributed by atoms with Crippen LogP contribution in [0.1, 0.15) is 126 Å². The second kappa shape index (κ2) is 42.4. The van der Waals surface area contributed by atoms with E-state index < -0.39 is 224 Å². The van der Waals surface area contributed by atoms with E-state index >= 15 is 24.0 Å². The molecule has 570 valence electrons. The second-order valence-corrected chi connectivity index (χ2v) is 26.8. The Labute approximate surface area is 592 Å². The Hall–Kier alpha value is -9.10. The van der Waals surface area contributed by atoms with Crippen LogP contribution in [0.5, 0.6) is 5.75 Å². The summed E-state index contributed by atoms with van der Waals surface area (Å²) >= 11 is 0. The van der Waals surface area contributed by atoms with Crippen molar-refractivity contribution in [2.75, 3.05) is 26.2 Å². The van der Waals surface area contributed by atoms with Crippen molar-refractivity contribution in [2.24, 2.45) is 58.3 Å². The van der Waals surface area contributed by atoms with E-state index in [0.29, 0.717) is 5.56 Å². The molecule has 0 spiro atoms. The number of esters is 1. The van der Waals surface area contributed by atoms with Crippen LogP contribution in [0.15, 0.2) is 54.6 Å². The number of ketones is 1. The zero-order valence-corrected chi connectivity index (χ0v) is 59.7. The van der Waals surface area contributed by atoms with Crippen molar-refractivity contribution in [3.05, 3.63) is 65.7 Å². The third kappa shape index (κ3) is 26.7. The van der Waals surface area contributed by atoms with E-state index in [1.54, 1.807) is 65.0 Å². The van der Waals surface area contributed by atoms with Gasteiger partial charge in [0.1, 0.15) is 48.6 Å². The zero-order chi connectivity index (χ0) is 77.8. The lowest BCUT2D eigenvalue weighted by atomic mass is 9.77. The lowest BCUT2D eigenvalue weighted by Gasteiger charge is -2.45. The quantitative estimate of drug-likeness (QED) is 0.00984. The number of phenolic OH excluding ortho intramolecular Hbond substituents is 1. The van der Waals surface area contributed by atoms with Gasteiger partial charge in [0.15, 0.2) is 29.4 Å². The number of rotatable bonds is 44. The van der Waals surface area contributed by atoms with Crippen LogP contribution in [0.4, 0.5) is 0 Å². The topological polar surface area (TPSA) is 597 Å². The largest absolute Gasteiger partial charge is 0.508 e. The molecule has 0 heterocycles. The predicted octanol–water partition coefficient (Wildman–Crippen LogP) is -4.17. The maximum Gasteiger partial charge on any atom is 0.329 e. The average Bonchev–Trinajstić information content (AvgIpc) is 0.740. The molecular weight excluding hydrogens is 1330 g/mol. The Kier molecular flexibility index (Phi) is 36.9. The molecule has 0 bridgehead atoms. The first-order valence-corrected chi connectivity index (χ1v) is 33.6. The van der Waals surface area contributed by atoms with Gasteiger partial charge in [0.05, 0.1) is 44.0 Å². The van der Waals surface area contributed by atoms with Crippen LogP contribution in [-0.2, 0) is 80.1 Å². The lowest BCUT2D eigenvalue weighted by molar-refractivity contribution is -0.169. The summed E-state index contributed by atoms with van der Waals surface area (Å²) in [5.41, 5.74) is 27.4. The van der Waals surface area contributed by atoms with E-state index in [-0.39, 0.29) is 65.9 Å². The number of aliphatic hydroxyl groups excluding tert-OH is 4. The number of hydrogen-bond donors (Lipinski definition) is 19. The lowest BCUT2D eigenvalue weighted by Crippen LogP contribution is -2.75. The number of nitrogens with one attached hydrogen (secondary N) is 8. The zero-order valence-electron chi connectivity index (χ0n) is 59.7. The number of ether oxygens (including phenoxy) is 1. The molecule has 0 aliphatic carbocycles. The summed E-state index contributed by atoms with van der Waals surface area (Å²) in [4.78, 5) is 187. The van der Waals surface area contributed by atoms with Gasteiger partial charge in [-0.05, 0) is 98.3 Å². The van der Waals surface area contributed by atoms with Gasteiger partial charge in [-0.1, -0.05) is 118 Å². The first kappa shape index (κ1) is 89.0. The smallest absolute Gasteiger partial charge is 0.329 e. The molecule has 2 rings (SSSR count). The molecule has 2 aromatic carbocycles. The van der Waals surface area contributed by atoms with Crippen LogP contribution >= 0.6 is 0 Å². The number of amides is 10. The number of nitrogens with two attached hydrogens (primary N) is 5. The van der Waals surface area contributed by atoms with Crippen molar-refractivity contribution < 1.29 is 97.7 Å². The number of carbonyl (C=O) groups excluding carboxylic acids is 12. The molecule has 24 N–H and O–H groups in total. The molecule has 0 aromatic heterocycles. The number of carboxylic acids is 1. The fraction of sp³-hybridized carbons (Fsp3) is 0.612. The molecule has 35 heteroatoms. The molecule has 0 saturated carbocycles. The number of aliphatic carboxylic acids is 1. The van der Waals surface area contributed by atoms with Crippen LogP contribution in [0, 0.1) is 35.0 Å². The van der Waals surface area contributed by atoms with Gasteiger partial charge < -0.3 is 95.9 Å². The number of primary amides is 1. The van der Waals surface area contributed by atoms with E-state index in [1.807, 2.05) is 5.32 Å². The average molecular weight is 1440 g/mol. The standard InChI is InChI=1S/C67H107N15O20/c1-12-37(10)51(60(95)80-52(38(11)84)59(94)76-29-47(86)81(46(31-83)64(99)100)62(97)50(70)54(89)56(71)91)79-57(92)43(22-17-23-74-66(72)73)78-65(101)67(28-35(6)7,55(90)42(68)27-40-20-16-21-41(85)26-40)82(63(98)49(69)53(88)36(8)9)61(96)45(25-34(4)5)77-58(93)44(24-33(2)3)75-30-48(87)102-32-39-18-14-13-15-19-39/h13-16,18-21,26,33-38,42-46,49-54,75,83-85,88-89H,12,17,22-25,27-32,68-70H2,1-11H3,(H2,71,91)(H,76,94)(H,77,93)(H,78,101)(H,79,92)(H,80,95)(H,99,100)(H4,72,73,74)/t37?,38-,42-,43+,44+,45-,46-,49-,50-,51-,52-,53+,54-,67+/m0/s1. The van der Waals surface area contributed by atoms with Crippen molar-refractivity contribution in [3.8, 4) is 5.75 Å². The number of carboxylic acid groups (broad SMARTS) is 1. The van der Waals surface area contributed by atoms with Gasteiger partial charge in [-0.2, -0.15) is 0 Å². The molecular formula is C67H107N15O20. The summed E-state index contributed by atoms with van der Waals surface area (Å²) < 4.78 is 5.44. The number of hydrogen-bond acceptors (Lipinski definition) is 24. The maximum absolute atomic E-state index is 16.4. The minimum absolute atomic E-state index is 0.0559. The SMILES string of the molecule is CCC(C)[C@H](NC(=O)[C@@H](CCCNC(=N)N)NC(=O)[C@@](CC(C)C)(C(=O)[C@@H](N)Cc1cccc(O)c1)N(C(=O)[C@H](CC(C)C)NC(=O)[C@@H](CC(C)C)NCC(=O)OCc1ccccc1)C(=O)[C@@H](N)[C@H](O)C(C)C)C(=O)N[C@H](C(=O)NCC(=O)N(C(=O)[C@@H](N)[C@H](O)C(N)=O)[C@@H](CO)C(=O)O)[C@H](C)O. The summed E-state index contributed by atoms with van der Waals surface area (Å²) in [6.45, 7) is 13.4. The van der Waals surface area contributed by atoms with Crippen molar-refractivity contribution >= 4 is 82.8 Å². The van der Waals surface area contributed by atoms with Crippen LogP contribution in [0.2, 0.25) is 0 Å².